The molecule has 5 aromatic rings. The van der Waals surface area contributed by atoms with Crippen LogP contribution in [0.15, 0.2) is 121 Å². The second kappa shape index (κ2) is 29.5. The van der Waals surface area contributed by atoms with Crippen molar-refractivity contribution < 1.29 is 38.1 Å². The first-order chi connectivity index (χ1) is 31.9. The van der Waals surface area contributed by atoms with E-state index in [0.717, 1.165) is 35.5 Å². The Bertz CT molecular complexity index is 2110. The Labute approximate surface area is 388 Å². The van der Waals surface area contributed by atoms with Crippen molar-refractivity contribution in [1.82, 2.24) is 0 Å². The molecule has 0 fully saturated rings. The van der Waals surface area contributed by atoms with Crippen molar-refractivity contribution >= 4 is 17.9 Å². The molecule has 65 heavy (non-hydrogen) atoms. The fraction of sp³-hybridized carbons (Fsp3) is 0.421. The average molecular weight is 883 g/mol. The normalized spacial score (nSPS) is 10.9. The number of unbranched alkanes of at least 4 members (excludes halogenated alkanes) is 18. The first kappa shape index (κ1) is 50.1. The van der Waals surface area contributed by atoms with Crippen LogP contribution in [0.1, 0.15) is 173 Å². The van der Waals surface area contributed by atoms with Crippen molar-refractivity contribution in [2.45, 2.75) is 142 Å². The number of carbonyl (C=O) groups is 3. The summed E-state index contributed by atoms with van der Waals surface area (Å²) in [6, 6.07) is 34.5. The zero-order valence-electron chi connectivity index (χ0n) is 38.9. The molecule has 0 aliphatic heterocycles. The monoisotopic (exact) mass is 883 g/mol. The molecule has 0 aliphatic carbocycles. The Morgan fingerprint density at radius 2 is 0.646 bits per heavy atom. The van der Waals surface area contributed by atoms with Gasteiger partial charge < -0.3 is 23.7 Å². The Hall–Kier alpha value is -5.89. The Kier molecular flexibility index (Phi) is 22.8. The van der Waals surface area contributed by atoms with Gasteiger partial charge in [0.15, 0.2) is 0 Å². The van der Waals surface area contributed by atoms with E-state index in [0.29, 0.717) is 41.6 Å². The van der Waals surface area contributed by atoms with Crippen LogP contribution in [0.25, 0.3) is 11.1 Å². The van der Waals surface area contributed by atoms with E-state index in [1.165, 1.54) is 140 Å². The standard InChI is InChI=1S/C57H70O8/c1-3-5-7-9-11-13-15-17-19-21-42-61-50-34-38-52(39-35-50)63-55(58)46-28-26-45(27-29-46)49-24-23-25-54(44-49)65-57(60)48-32-30-47(31-33-48)56(59)64-53-40-36-51(37-41-53)62-43-22-20-18-16-14-12-10-8-6-4-2/h23-41,44H,3-22,42-43H2,1-2H3. The Balaban J connectivity index is 0.987. The third kappa shape index (κ3) is 19.0. The third-order valence-corrected chi connectivity index (χ3v) is 11.5. The minimum atomic E-state index is -0.567. The van der Waals surface area contributed by atoms with Crippen molar-refractivity contribution in [2.24, 2.45) is 0 Å². The van der Waals surface area contributed by atoms with Gasteiger partial charge in [-0.25, -0.2) is 14.4 Å². The molecule has 0 radical (unpaired) electrons. The number of hydrogen-bond donors (Lipinski definition) is 0. The molecule has 0 heterocycles. The van der Waals surface area contributed by atoms with Gasteiger partial charge in [-0.3, -0.25) is 0 Å². The molecule has 0 atom stereocenters. The first-order valence-electron chi connectivity index (χ1n) is 24.3. The molecule has 8 nitrogen and oxygen atoms in total. The highest BCUT2D eigenvalue weighted by Crippen LogP contribution is 2.27. The van der Waals surface area contributed by atoms with Gasteiger partial charge in [0.2, 0.25) is 0 Å². The van der Waals surface area contributed by atoms with Crippen molar-refractivity contribution in [3.63, 3.8) is 0 Å². The van der Waals surface area contributed by atoms with Gasteiger partial charge in [0, 0.05) is 0 Å². The molecule has 0 unspecified atom stereocenters. The number of rotatable bonds is 31. The summed E-state index contributed by atoms with van der Waals surface area (Å²) >= 11 is 0. The number of esters is 3. The minimum Gasteiger partial charge on any atom is -0.494 e. The maximum atomic E-state index is 13.1. The number of benzene rings is 5. The number of ether oxygens (including phenoxy) is 5. The van der Waals surface area contributed by atoms with Crippen LogP contribution in [0.5, 0.6) is 28.7 Å². The Morgan fingerprint density at radius 3 is 1.03 bits per heavy atom. The summed E-state index contributed by atoms with van der Waals surface area (Å²) in [5, 5.41) is 0. The molecule has 346 valence electrons. The number of carbonyl (C=O) groups excluding carboxylic acids is 3. The van der Waals surface area contributed by atoms with Crippen molar-refractivity contribution in [1.29, 1.82) is 0 Å². The van der Waals surface area contributed by atoms with E-state index in [-0.39, 0.29) is 5.56 Å². The lowest BCUT2D eigenvalue weighted by Gasteiger charge is -2.10. The van der Waals surface area contributed by atoms with E-state index in [9.17, 15) is 14.4 Å². The first-order valence-corrected chi connectivity index (χ1v) is 24.3. The fourth-order valence-electron chi connectivity index (χ4n) is 7.55. The molecule has 0 saturated carbocycles. The van der Waals surface area contributed by atoms with Crippen molar-refractivity contribution in [2.75, 3.05) is 13.2 Å². The molecule has 0 bridgehead atoms. The van der Waals surface area contributed by atoms with Gasteiger partial charge in [-0.05, 0) is 121 Å². The van der Waals surface area contributed by atoms with Gasteiger partial charge in [0.1, 0.15) is 28.7 Å². The van der Waals surface area contributed by atoms with Gasteiger partial charge in [0.05, 0.1) is 29.9 Å². The van der Waals surface area contributed by atoms with Gasteiger partial charge in [0.25, 0.3) is 0 Å². The van der Waals surface area contributed by atoms with Crippen LogP contribution >= 0.6 is 0 Å². The van der Waals surface area contributed by atoms with Crippen LogP contribution in [0.2, 0.25) is 0 Å². The Morgan fingerprint density at radius 1 is 0.323 bits per heavy atom. The lowest BCUT2D eigenvalue weighted by atomic mass is 10.0. The van der Waals surface area contributed by atoms with Gasteiger partial charge >= 0.3 is 17.9 Å². The van der Waals surface area contributed by atoms with Crippen LogP contribution in [-0.2, 0) is 0 Å². The van der Waals surface area contributed by atoms with Gasteiger partial charge in [-0.2, -0.15) is 0 Å². The van der Waals surface area contributed by atoms with E-state index < -0.39 is 17.9 Å². The van der Waals surface area contributed by atoms with E-state index >= 15 is 0 Å². The zero-order chi connectivity index (χ0) is 45.7. The molecule has 0 saturated heterocycles. The van der Waals surface area contributed by atoms with Crippen LogP contribution in [-0.4, -0.2) is 31.1 Å². The molecule has 0 spiro atoms. The molecule has 0 N–H and O–H groups in total. The third-order valence-electron chi connectivity index (χ3n) is 11.5. The summed E-state index contributed by atoms with van der Waals surface area (Å²) in [6.45, 7) is 5.84. The molecule has 0 amide bonds. The summed E-state index contributed by atoms with van der Waals surface area (Å²) in [5.74, 6) is 1.12. The molecule has 0 aromatic heterocycles. The molecular weight excluding hydrogens is 813 g/mol. The van der Waals surface area contributed by atoms with Crippen LogP contribution in [0.3, 0.4) is 0 Å². The molecule has 5 aromatic carbocycles. The van der Waals surface area contributed by atoms with Gasteiger partial charge in [-0.1, -0.05) is 154 Å². The predicted octanol–water partition coefficient (Wildman–Crippen LogP) is 15.6. The highest BCUT2D eigenvalue weighted by molar-refractivity contribution is 5.95. The van der Waals surface area contributed by atoms with Gasteiger partial charge in [-0.15, -0.1) is 0 Å². The highest BCUT2D eigenvalue weighted by atomic mass is 16.5. The smallest absolute Gasteiger partial charge is 0.343 e. The SMILES string of the molecule is CCCCCCCCCCCCOc1ccc(OC(=O)c2ccc(C(=O)Oc3cccc(-c4ccc(C(=O)Oc5ccc(OCCCCCCCCCCCC)cc5)cc4)c3)cc2)cc1. The van der Waals surface area contributed by atoms with E-state index in [1.807, 2.05) is 30.3 Å². The second-order valence-electron chi connectivity index (χ2n) is 16.9. The van der Waals surface area contributed by atoms with Crippen LogP contribution in [0.4, 0.5) is 0 Å². The van der Waals surface area contributed by atoms with Crippen molar-refractivity contribution in [3.05, 3.63) is 138 Å². The maximum absolute atomic E-state index is 13.1. The quantitative estimate of drug-likeness (QED) is 0.0247. The largest absolute Gasteiger partial charge is 0.494 e. The molecular formula is C57H70O8. The molecule has 5 rings (SSSR count). The summed E-state index contributed by atoms with van der Waals surface area (Å²) in [7, 11) is 0. The average Bonchev–Trinajstić information content (AvgIpc) is 3.33. The molecule has 0 aliphatic rings. The van der Waals surface area contributed by atoms with Crippen LogP contribution in [0, 0.1) is 0 Å². The topological polar surface area (TPSA) is 97.4 Å². The number of hydrogen-bond acceptors (Lipinski definition) is 8. The fourth-order valence-corrected chi connectivity index (χ4v) is 7.55. The summed E-state index contributed by atoms with van der Waals surface area (Å²) in [5.41, 5.74) is 2.62. The molecule has 8 heteroatoms. The second-order valence-corrected chi connectivity index (χ2v) is 16.9. The van der Waals surface area contributed by atoms with E-state index in [1.54, 1.807) is 66.7 Å². The van der Waals surface area contributed by atoms with E-state index in [4.69, 9.17) is 23.7 Å². The maximum Gasteiger partial charge on any atom is 0.343 e. The van der Waals surface area contributed by atoms with Crippen molar-refractivity contribution in [3.8, 4) is 39.9 Å². The lowest BCUT2D eigenvalue weighted by molar-refractivity contribution is 0.0720. The van der Waals surface area contributed by atoms with E-state index in [2.05, 4.69) is 13.8 Å². The summed E-state index contributed by atoms with van der Waals surface area (Å²) in [4.78, 5) is 38.9. The zero-order valence-corrected chi connectivity index (χ0v) is 38.9. The van der Waals surface area contributed by atoms with Crippen LogP contribution < -0.4 is 23.7 Å². The lowest BCUT2D eigenvalue weighted by Crippen LogP contribution is -2.11. The highest BCUT2D eigenvalue weighted by Gasteiger charge is 2.15. The predicted molar refractivity (Wildman–Crippen MR) is 261 cm³/mol. The minimum absolute atomic E-state index is 0.283. The summed E-state index contributed by atoms with van der Waals surface area (Å²) in [6.07, 6.45) is 25.6. The summed E-state index contributed by atoms with van der Waals surface area (Å²) < 4.78 is 28.6.